The number of carbonyl (C=O) groups excluding carboxylic acids is 1. The lowest BCUT2D eigenvalue weighted by Crippen LogP contribution is -2.36. The normalized spacial score (nSPS) is 13.1. The molecule has 0 aliphatic carbocycles. The average Bonchev–Trinajstić information content (AvgIpc) is 2.23. The van der Waals surface area contributed by atoms with Crippen molar-refractivity contribution < 1.29 is 31.0 Å². The minimum Gasteiger partial charge on any atom is -0.399 e. The van der Waals surface area contributed by atoms with Crippen LogP contribution in [0.4, 0.5) is 27.6 Å². The van der Waals surface area contributed by atoms with E-state index in [0.717, 1.165) is 0 Å². The Hall–Kier alpha value is -1.71. The summed E-state index contributed by atoms with van der Waals surface area (Å²) in [6, 6.07) is 1.40. The molecule has 20 heavy (non-hydrogen) atoms. The Morgan fingerprint density at radius 2 is 1.75 bits per heavy atom. The van der Waals surface area contributed by atoms with E-state index in [9.17, 15) is 31.0 Å². The molecule has 0 spiro atoms. The van der Waals surface area contributed by atoms with Crippen molar-refractivity contribution in [2.24, 2.45) is 0 Å². The van der Waals surface area contributed by atoms with Crippen molar-refractivity contribution in [2.45, 2.75) is 11.1 Å². The first-order valence-corrected chi connectivity index (χ1v) is 6.38. The molecule has 0 fully saturated rings. The van der Waals surface area contributed by atoms with Gasteiger partial charge in [0.2, 0.25) is 5.91 Å². The quantitative estimate of drug-likeness (QED) is 0.650. The first kappa shape index (κ1) is 16.3. The van der Waals surface area contributed by atoms with E-state index in [1.165, 1.54) is 5.32 Å². The molecule has 0 saturated carbocycles. The highest BCUT2D eigenvalue weighted by Gasteiger charge is 2.28. The number of anilines is 1. The SMILES string of the molecule is Nc1cc(F)c(S(=O)CC(=O)NCC(F)(F)F)c(F)c1. The number of hydrogen-bond acceptors (Lipinski definition) is 3. The summed E-state index contributed by atoms with van der Waals surface area (Å²) in [5, 5.41) is 1.45. The summed E-state index contributed by atoms with van der Waals surface area (Å²) in [5.41, 5.74) is 4.89. The average molecular weight is 316 g/mol. The van der Waals surface area contributed by atoms with Crippen molar-refractivity contribution in [2.75, 3.05) is 18.0 Å². The number of amides is 1. The molecule has 1 aromatic carbocycles. The second-order valence-corrected chi connectivity index (χ2v) is 5.08. The summed E-state index contributed by atoms with van der Waals surface area (Å²) in [6.07, 6.45) is -4.63. The first-order valence-electron chi connectivity index (χ1n) is 5.06. The Balaban J connectivity index is 2.75. The molecule has 4 nitrogen and oxygen atoms in total. The van der Waals surface area contributed by atoms with Gasteiger partial charge in [0.05, 0.1) is 10.8 Å². The molecule has 0 aliphatic rings. The van der Waals surface area contributed by atoms with Crippen LogP contribution in [0, 0.1) is 11.6 Å². The van der Waals surface area contributed by atoms with Gasteiger partial charge >= 0.3 is 6.18 Å². The van der Waals surface area contributed by atoms with Crippen LogP contribution in [-0.2, 0) is 15.6 Å². The van der Waals surface area contributed by atoms with Gasteiger partial charge in [-0.3, -0.25) is 9.00 Å². The summed E-state index contributed by atoms with van der Waals surface area (Å²) in [7, 11) is -2.46. The fourth-order valence-corrected chi connectivity index (χ4v) is 2.28. The minimum absolute atomic E-state index is 0.248. The van der Waals surface area contributed by atoms with Gasteiger partial charge in [-0.25, -0.2) is 8.78 Å². The van der Waals surface area contributed by atoms with Gasteiger partial charge in [0, 0.05) is 5.69 Å². The number of hydrogen-bond donors (Lipinski definition) is 2. The molecule has 112 valence electrons. The second kappa shape index (κ2) is 6.16. The molecule has 3 N–H and O–H groups in total. The fourth-order valence-electron chi connectivity index (χ4n) is 1.24. The standard InChI is InChI=1S/C10H9F5N2O2S/c11-6-1-5(16)2-7(12)9(6)20(19)3-8(18)17-4-10(13,14)15/h1-2H,3-4,16H2,(H,17,18). The number of halogens is 5. The van der Waals surface area contributed by atoms with Gasteiger partial charge in [-0.1, -0.05) is 0 Å². The van der Waals surface area contributed by atoms with Crippen LogP contribution >= 0.6 is 0 Å². The molecule has 0 heterocycles. The third kappa shape index (κ3) is 4.76. The summed E-state index contributed by atoms with van der Waals surface area (Å²) in [5.74, 6) is -4.70. The number of rotatable bonds is 4. The smallest absolute Gasteiger partial charge is 0.399 e. The first-order chi connectivity index (χ1) is 9.10. The zero-order valence-electron chi connectivity index (χ0n) is 9.76. The van der Waals surface area contributed by atoms with Crippen LogP contribution in [-0.4, -0.2) is 28.6 Å². The molecule has 1 rings (SSSR count). The van der Waals surface area contributed by atoms with Gasteiger partial charge in [-0.05, 0) is 12.1 Å². The van der Waals surface area contributed by atoms with Crippen LogP contribution in [0.3, 0.4) is 0 Å². The maximum Gasteiger partial charge on any atom is 0.405 e. The molecule has 1 unspecified atom stereocenters. The van der Waals surface area contributed by atoms with E-state index in [2.05, 4.69) is 0 Å². The predicted octanol–water partition coefficient (Wildman–Crippen LogP) is 1.33. The van der Waals surface area contributed by atoms with Gasteiger partial charge in [0.25, 0.3) is 0 Å². The number of benzene rings is 1. The molecule has 10 heteroatoms. The number of nitrogen functional groups attached to an aromatic ring is 1. The van der Waals surface area contributed by atoms with Crippen LogP contribution in [0.25, 0.3) is 0 Å². The van der Waals surface area contributed by atoms with Crippen molar-refractivity contribution in [3.63, 3.8) is 0 Å². The Kier molecular flexibility index (Phi) is 5.03. The molecular weight excluding hydrogens is 307 g/mol. The molecule has 0 aliphatic heterocycles. The van der Waals surface area contributed by atoms with E-state index in [0.29, 0.717) is 12.1 Å². The zero-order valence-corrected chi connectivity index (χ0v) is 10.6. The Bertz CT molecular complexity index is 524. The van der Waals surface area contributed by atoms with Crippen LogP contribution < -0.4 is 11.1 Å². The van der Waals surface area contributed by atoms with Gasteiger partial charge in [-0.15, -0.1) is 0 Å². The van der Waals surface area contributed by atoms with Crippen LogP contribution in [0.2, 0.25) is 0 Å². The highest BCUT2D eigenvalue weighted by Crippen LogP contribution is 2.20. The molecule has 0 saturated heterocycles. The summed E-state index contributed by atoms with van der Waals surface area (Å²) < 4.78 is 73.8. The van der Waals surface area contributed by atoms with Crippen molar-refractivity contribution in [3.8, 4) is 0 Å². The van der Waals surface area contributed by atoms with Crippen molar-refractivity contribution in [1.82, 2.24) is 5.32 Å². The van der Waals surface area contributed by atoms with Crippen LogP contribution in [0.1, 0.15) is 0 Å². The van der Waals surface area contributed by atoms with Gasteiger partial charge in [0.15, 0.2) is 0 Å². The van der Waals surface area contributed by atoms with E-state index < -0.39 is 51.7 Å². The van der Waals surface area contributed by atoms with E-state index in [4.69, 9.17) is 5.73 Å². The topological polar surface area (TPSA) is 72.2 Å². The molecule has 1 atom stereocenters. The molecule has 0 aromatic heterocycles. The van der Waals surface area contributed by atoms with Crippen molar-refractivity contribution in [3.05, 3.63) is 23.8 Å². The van der Waals surface area contributed by atoms with Crippen molar-refractivity contribution in [1.29, 1.82) is 0 Å². The molecule has 0 radical (unpaired) electrons. The third-order valence-electron chi connectivity index (χ3n) is 2.00. The third-order valence-corrected chi connectivity index (χ3v) is 3.37. The molecule has 1 aromatic rings. The van der Waals surface area contributed by atoms with Gasteiger partial charge in [-0.2, -0.15) is 13.2 Å². The predicted molar refractivity (Wildman–Crippen MR) is 61.1 cm³/mol. The molecule has 0 bridgehead atoms. The fraction of sp³-hybridized carbons (Fsp3) is 0.300. The van der Waals surface area contributed by atoms with Crippen LogP contribution in [0.15, 0.2) is 17.0 Å². The monoisotopic (exact) mass is 316 g/mol. The highest BCUT2D eigenvalue weighted by atomic mass is 32.2. The minimum atomic E-state index is -4.63. The Morgan fingerprint density at radius 3 is 2.20 bits per heavy atom. The lowest BCUT2D eigenvalue weighted by atomic mass is 10.3. The van der Waals surface area contributed by atoms with Crippen LogP contribution in [0.5, 0.6) is 0 Å². The highest BCUT2D eigenvalue weighted by molar-refractivity contribution is 7.85. The maximum absolute atomic E-state index is 13.4. The van der Waals surface area contributed by atoms with Crippen molar-refractivity contribution >= 4 is 22.4 Å². The van der Waals surface area contributed by atoms with Gasteiger partial charge in [0.1, 0.15) is 28.8 Å². The van der Waals surface area contributed by atoms with E-state index in [1.807, 2.05) is 0 Å². The Labute approximate surface area is 112 Å². The number of alkyl halides is 3. The Morgan fingerprint density at radius 1 is 1.25 bits per heavy atom. The molecule has 1 amide bonds. The van der Waals surface area contributed by atoms with E-state index in [1.54, 1.807) is 0 Å². The largest absolute Gasteiger partial charge is 0.405 e. The van der Waals surface area contributed by atoms with E-state index >= 15 is 0 Å². The zero-order chi connectivity index (χ0) is 15.5. The lowest BCUT2D eigenvalue weighted by molar-refractivity contribution is -0.136. The van der Waals surface area contributed by atoms with Gasteiger partial charge < -0.3 is 11.1 Å². The maximum atomic E-state index is 13.4. The number of carbonyl (C=O) groups is 1. The lowest BCUT2D eigenvalue weighted by Gasteiger charge is -2.09. The number of nitrogens with one attached hydrogen (secondary N) is 1. The second-order valence-electron chi connectivity index (χ2n) is 3.70. The number of nitrogens with two attached hydrogens (primary N) is 1. The summed E-state index contributed by atoms with van der Waals surface area (Å²) in [6.45, 7) is -1.62. The summed E-state index contributed by atoms with van der Waals surface area (Å²) in [4.78, 5) is 10.2. The molecular formula is C10H9F5N2O2S. The summed E-state index contributed by atoms with van der Waals surface area (Å²) >= 11 is 0. The van der Waals surface area contributed by atoms with E-state index in [-0.39, 0.29) is 5.69 Å².